The van der Waals surface area contributed by atoms with Gasteiger partial charge in [0.1, 0.15) is 4.99 Å². The van der Waals surface area contributed by atoms with Gasteiger partial charge in [0, 0.05) is 17.2 Å². The number of benzene rings is 2. The van der Waals surface area contributed by atoms with E-state index in [0.717, 1.165) is 16.2 Å². The van der Waals surface area contributed by atoms with E-state index in [1.165, 1.54) is 0 Å². The summed E-state index contributed by atoms with van der Waals surface area (Å²) in [7, 11) is 0. The first-order valence-electron chi connectivity index (χ1n) is 6.67. The summed E-state index contributed by atoms with van der Waals surface area (Å²) in [6.07, 6.45) is 0.540. The molecule has 0 heterocycles. The Kier molecular flexibility index (Phi) is 6.47. The molecule has 0 fully saturated rings. The molecule has 0 aliphatic carbocycles. The Balaban J connectivity index is 2.05. The molecular weight excluding hydrogens is 298 g/mol. The molecule has 2 rings (SSSR count). The molecular formula is C17H17NOS2. The SMILES string of the molecule is OCC/C(=C/Sc1ccccc1)C(=S)Nc1ccccc1. The van der Waals surface area contributed by atoms with Crippen molar-refractivity contribution in [2.75, 3.05) is 11.9 Å². The monoisotopic (exact) mass is 315 g/mol. The predicted molar refractivity (Wildman–Crippen MR) is 94.7 cm³/mol. The van der Waals surface area contributed by atoms with Crippen LogP contribution in [0.3, 0.4) is 0 Å². The smallest absolute Gasteiger partial charge is 0.107 e. The Hall–Kier alpha value is -1.62. The zero-order valence-corrected chi connectivity index (χ0v) is 13.2. The van der Waals surface area contributed by atoms with Crippen LogP contribution in [0, 0.1) is 0 Å². The number of aliphatic hydroxyl groups excluding tert-OH is 1. The number of hydrogen-bond donors (Lipinski definition) is 2. The van der Waals surface area contributed by atoms with Gasteiger partial charge in [0.05, 0.1) is 0 Å². The number of anilines is 1. The van der Waals surface area contributed by atoms with E-state index in [2.05, 4.69) is 5.32 Å². The molecule has 0 unspecified atom stereocenters. The lowest BCUT2D eigenvalue weighted by molar-refractivity contribution is 0.301. The lowest BCUT2D eigenvalue weighted by Gasteiger charge is -2.11. The summed E-state index contributed by atoms with van der Waals surface area (Å²) < 4.78 is 0. The summed E-state index contributed by atoms with van der Waals surface area (Å²) in [5.74, 6) is 0. The van der Waals surface area contributed by atoms with Gasteiger partial charge in [0.25, 0.3) is 0 Å². The van der Waals surface area contributed by atoms with E-state index in [1.54, 1.807) is 11.8 Å². The third kappa shape index (κ3) is 5.34. The third-order valence-corrected chi connectivity index (χ3v) is 4.10. The highest BCUT2D eigenvalue weighted by molar-refractivity contribution is 8.02. The first-order valence-corrected chi connectivity index (χ1v) is 7.96. The molecule has 0 radical (unpaired) electrons. The van der Waals surface area contributed by atoms with Crippen molar-refractivity contribution in [3.63, 3.8) is 0 Å². The summed E-state index contributed by atoms with van der Waals surface area (Å²) >= 11 is 7.04. The highest BCUT2D eigenvalue weighted by atomic mass is 32.2. The van der Waals surface area contributed by atoms with Crippen LogP contribution in [-0.2, 0) is 0 Å². The van der Waals surface area contributed by atoms with E-state index in [1.807, 2.05) is 66.1 Å². The Bertz CT molecular complexity index is 597. The van der Waals surface area contributed by atoms with Crippen LogP contribution in [0.2, 0.25) is 0 Å². The second-order valence-corrected chi connectivity index (χ2v) is 5.72. The summed E-state index contributed by atoms with van der Waals surface area (Å²) in [4.78, 5) is 1.80. The lowest BCUT2D eigenvalue weighted by atomic mass is 10.2. The van der Waals surface area contributed by atoms with Gasteiger partial charge >= 0.3 is 0 Å². The number of thioether (sulfide) groups is 1. The van der Waals surface area contributed by atoms with Gasteiger partial charge in [0.2, 0.25) is 0 Å². The van der Waals surface area contributed by atoms with Crippen molar-refractivity contribution in [1.29, 1.82) is 0 Å². The Morgan fingerprint density at radius 1 is 1.05 bits per heavy atom. The zero-order chi connectivity index (χ0) is 14.9. The van der Waals surface area contributed by atoms with Gasteiger partial charge in [-0.1, -0.05) is 60.4 Å². The molecule has 0 bridgehead atoms. The lowest BCUT2D eigenvalue weighted by Crippen LogP contribution is -2.12. The summed E-state index contributed by atoms with van der Waals surface area (Å²) in [5, 5.41) is 14.4. The van der Waals surface area contributed by atoms with E-state index in [-0.39, 0.29) is 6.61 Å². The Morgan fingerprint density at radius 3 is 2.29 bits per heavy atom. The molecule has 0 saturated heterocycles. The van der Waals surface area contributed by atoms with E-state index >= 15 is 0 Å². The second-order valence-electron chi connectivity index (χ2n) is 4.37. The summed E-state index contributed by atoms with van der Waals surface area (Å²) in [5.41, 5.74) is 1.89. The maximum absolute atomic E-state index is 9.21. The van der Waals surface area contributed by atoms with Crippen LogP contribution >= 0.6 is 24.0 Å². The van der Waals surface area contributed by atoms with Crippen LogP contribution in [0.1, 0.15) is 6.42 Å². The van der Waals surface area contributed by atoms with Gasteiger partial charge in [-0.2, -0.15) is 0 Å². The predicted octanol–water partition coefficient (Wildman–Crippen LogP) is 4.48. The molecule has 2 N–H and O–H groups in total. The van der Waals surface area contributed by atoms with E-state index < -0.39 is 0 Å². The molecule has 2 nitrogen and oxygen atoms in total. The normalized spacial score (nSPS) is 11.2. The average Bonchev–Trinajstić information content (AvgIpc) is 2.53. The van der Waals surface area contributed by atoms with E-state index in [9.17, 15) is 5.11 Å². The number of hydrogen-bond acceptors (Lipinski definition) is 3. The third-order valence-electron chi connectivity index (χ3n) is 2.78. The summed E-state index contributed by atoms with van der Waals surface area (Å²) in [6.45, 7) is 0.0811. The fourth-order valence-electron chi connectivity index (χ4n) is 1.72. The minimum absolute atomic E-state index is 0.0811. The molecule has 21 heavy (non-hydrogen) atoms. The fourth-order valence-corrected chi connectivity index (χ4v) is 2.90. The van der Waals surface area contributed by atoms with Crippen molar-refractivity contribution in [3.8, 4) is 0 Å². The van der Waals surface area contributed by atoms with Gasteiger partial charge in [0.15, 0.2) is 0 Å². The standard InChI is InChI=1S/C17H17NOS2/c19-12-11-14(13-21-16-9-5-2-6-10-16)17(20)18-15-7-3-1-4-8-15/h1-10,13,19H,11-12H2,(H,18,20)/b14-13-. The Labute approximate surface area is 134 Å². The number of aliphatic hydroxyl groups is 1. The van der Waals surface area contributed by atoms with Crippen molar-refractivity contribution in [1.82, 2.24) is 0 Å². The summed E-state index contributed by atoms with van der Waals surface area (Å²) in [6, 6.07) is 19.9. The van der Waals surface area contributed by atoms with Gasteiger partial charge in [-0.05, 0) is 41.7 Å². The number of rotatable bonds is 6. The first-order chi connectivity index (χ1) is 10.3. The quantitative estimate of drug-likeness (QED) is 0.467. The molecule has 0 aliphatic heterocycles. The molecule has 108 valence electrons. The zero-order valence-electron chi connectivity index (χ0n) is 11.5. The van der Waals surface area contributed by atoms with Gasteiger partial charge in [-0.25, -0.2) is 0 Å². The minimum atomic E-state index is 0.0811. The van der Waals surface area contributed by atoms with Crippen LogP contribution in [-0.4, -0.2) is 16.7 Å². The van der Waals surface area contributed by atoms with Crippen LogP contribution in [0.5, 0.6) is 0 Å². The molecule has 0 aromatic heterocycles. The van der Waals surface area contributed by atoms with Crippen LogP contribution in [0.25, 0.3) is 0 Å². The van der Waals surface area contributed by atoms with Crippen LogP contribution < -0.4 is 5.32 Å². The molecule has 0 saturated carbocycles. The second kappa shape index (κ2) is 8.62. The number of nitrogens with one attached hydrogen (secondary N) is 1. The van der Waals surface area contributed by atoms with Crippen LogP contribution in [0.15, 0.2) is 76.5 Å². The first kappa shape index (κ1) is 15.8. The molecule has 2 aromatic rings. The van der Waals surface area contributed by atoms with E-state index in [0.29, 0.717) is 11.4 Å². The molecule has 0 aliphatic rings. The highest BCUT2D eigenvalue weighted by Gasteiger charge is 2.05. The molecule has 2 aromatic carbocycles. The van der Waals surface area contributed by atoms with Crippen molar-refractivity contribution >= 4 is 34.7 Å². The average molecular weight is 315 g/mol. The van der Waals surface area contributed by atoms with Crippen molar-refractivity contribution in [3.05, 3.63) is 71.6 Å². The van der Waals surface area contributed by atoms with Gasteiger partial charge in [-0.15, -0.1) is 0 Å². The molecule has 4 heteroatoms. The molecule has 0 amide bonds. The maximum Gasteiger partial charge on any atom is 0.107 e. The van der Waals surface area contributed by atoms with Gasteiger partial charge in [-0.3, -0.25) is 0 Å². The number of thiocarbonyl (C=S) groups is 1. The van der Waals surface area contributed by atoms with Crippen LogP contribution in [0.4, 0.5) is 5.69 Å². The molecule has 0 atom stereocenters. The topological polar surface area (TPSA) is 32.3 Å². The van der Waals surface area contributed by atoms with Crippen molar-refractivity contribution < 1.29 is 5.11 Å². The Morgan fingerprint density at radius 2 is 1.67 bits per heavy atom. The fraction of sp³-hybridized carbons (Fsp3) is 0.118. The van der Waals surface area contributed by atoms with Crippen molar-refractivity contribution in [2.45, 2.75) is 11.3 Å². The largest absolute Gasteiger partial charge is 0.396 e. The minimum Gasteiger partial charge on any atom is -0.396 e. The highest BCUT2D eigenvalue weighted by Crippen LogP contribution is 2.22. The van der Waals surface area contributed by atoms with Crippen molar-refractivity contribution in [2.24, 2.45) is 0 Å². The van der Waals surface area contributed by atoms with Gasteiger partial charge < -0.3 is 10.4 Å². The van der Waals surface area contributed by atoms with E-state index in [4.69, 9.17) is 12.2 Å². The molecule has 0 spiro atoms. The number of para-hydroxylation sites is 1. The maximum atomic E-state index is 9.21.